The number of hydrogen-bond donors (Lipinski definition) is 1. The van der Waals surface area contributed by atoms with Gasteiger partial charge in [-0.15, -0.1) is 0 Å². The summed E-state index contributed by atoms with van der Waals surface area (Å²) in [4.78, 5) is 27.4. The first kappa shape index (κ1) is 17.5. The van der Waals surface area contributed by atoms with Crippen LogP contribution in [0.25, 0.3) is 0 Å². The van der Waals surface area contributed by atoms with Crippen molar-refractivity contribution in [2.45, 2.75) is 32.7 Å². The molecule has 6 heteroatoms. The molecule has 3 heterocycles. The van der Waals surface area contributed by atoms with Gasteiger partial charge in [-0.25, -0.2) is 9.97 Å². The predicted octanol–water partition coefficient (Wildman–Crippen LogP) is 2.25. The quantitative estimate of drug-likeness (QED) is 0.874. The van der Waals surface area contributed by atoms with Gasteiger partial charge in [-0.1, -0.05) is 19.9 Å². The van der Waals surface area contributed by atoms with Crippen molar-refractivity contribution < 1.29 is 4.79 Å². The van der Waals surface area contributed by atoms with E-state index in [0.717, 1.165) is 37.4 Å². The maximum absolute atomic E-state index is 12.1. The number of aromatic nitrogens is 3. The highest BCUT2D eigenvalue weighted by Crippen LogP contribution is 2.18. The fourth-order valence-electron chi connectivity index (χ4n) is 3.05. The first-order valence-electron chi connectivity index (χ1n) is 8.84. The number of carbonyl (C=O) groups excluding carboxylic acids is 1. The van der Waals surface area contributed by atoms with E-state index in [1.54, 1.807) is 12.3 Å². The minimum absolute atomic E-state index is 0.100. The van der Waals surface area contributed by atoms with Crippen LogP contribution >= 0.6 is 0 Å². The lowest BCUT2D eigenvalue weighted by atomic mass is 10.1. The van der Waals surface area contributed by atoms with Crippen LogP contribution in [0, 0.1) is 5.92 Å². The molecule has 0 aliphatic carbocycles. The van der Waals surface area contributed by atoms with Crippen LogP contribution in [0.1, 0.15) is 48.1 Å². The van der Waals surface area contributed by atoms with E-state index in [4.69, 9.17) is 0 Å². The van der Waals surface area contributed by atoms with Crippen LogP contribution in [0.5, 0.6) is 0 Å². The summed E-state index contributed by atoms with van der Waals surface area (Å²) >= 11 is 0. The standard InChI is InChI=1S/C19H25N5O/c1-14(2)18-21-10-16(11-22-18)13-24-8-6-15(12-24)9-23-19(25)17-5-3-4-7-20-17/h3-5,7,10-11,14-15H,6,8-9,12-13H2,1-2H3,(H,23,25)/t15-/m1/s1. The van der Waals surface area contributed by atoms with Gasteiger partial charge in [0.15, 0.2) is 0 Å². The minimum atomic E-state index is -0.100. The summed E-state index contributed by atoms with van der Waals surface area (Å²) in [6, 6.07) is 5.37. The number of pyridine rings is 1. The molecule has 6 nitrogen and oxygen atoms in total. The fourth-order valence-corrected chi connectivity index (χ4v) is 3.05. The Morgan fingerprint density at radius 2 is 2.08 bits per heavy atom. The SMILES string of the molecule is CC(C)c1ncc(CN2CC[C@H](CNC(=O)c3ccccn3)C2)cn1. The lowest BCUT2D eigenvalue weighted by molar-refractivity contribution is 0.0942. The molecule has 1 aliphatic heterocycles. The number of hydrogen-bond acceptors (Lipinski definition) is 5. The average molecular weight is 339 g/mol. The molecule has 25 heavy (non-hydrogen) atoms. The highest BCUT2D eigenvalue weighted by Gasteiger charge is 2.23. The molecule has 0 bridgehead atoms. The summed E-state index contributed by atoms with van der Waals surface area (Å²) in [6.45, 7) is 7.76. The Morgan fingerprint density at radius 3 is 2.76 bits per heavy atom. The molecule has 1 saturated heterocycles. The summed E-state index contributed by atoms with van der Waals surface area (Å²) < 4.78 is 0. The summed E-state index contributed by atoms with van der Waals surface area (Å²) in [5, 5.41) is 2.99. The van der Waals surface area contributed by atoms with Crippen molar-refractivity contribution in [3.8, 4) is 0 Å². The number of amides is 1. The van der Waals surface area contributed by atoms with Crippen LogP contribution in [-0.4, -0.2) is 45.4 Å². The lowest BCUT2D eigenvalue weighted by Gasteiger charge is -2.16. The lowest BCUT2D eigenvalue weighted by Crippen LogP contribution is -2.31. The molecule has 132 valence electrons. The van der Waals surface area contributed by atoms with Gasteiger partial charge in [-0.05, 0) is 31.0 Å². The van der Waals surface area contributed by atoms with Crippen LogP contribution in [0.3, 0.4) is 0 Å². The molecule has 0 radical (unpaired) electrons. The van der Waals surface area contributed by atoms with Crippen molar-refractivity contribution >= 4 is 5.91 Å². The number of carbonyl (C=O) groups is 1. The third kappa shape index (κ3) is 4.82. The number of rotatable bonds is 6. The van der Waals surface area contributed by atoms with E-state index in [-0.39, 0.29) is 5.91 Å². The Kier molecular flexibility index (Phi) is 5.71. The molecule has 2 aromatic rings. The Morgan fingerprint density at radius 1 is 1.28 bits per heavy atom. The Hall–Kier alpha value is -2.34. The number of likely N-dealkylation sites (tertiary alicyclic amines) is 1. The van der Waals surface area contributed by atoms with Crippen LogP contribution in [-0.2, 0) is 6.54 Å². The fraction of sp³-hybridized carbons (Fsp3) is 0.474. The first-order chi connectivity index (χ1) is 12.1. The van der Waals surface area contributed by atoms with Gasteiger partial charge in [-0.3, -0.25) is 14.7 Å². The van der Waals surface area contributed by atoms with Crippen LogP contribution in [0.2, 0.25) is 0 Å². The molecule has 1 N–H and O–H groups in total. The summed E-state index contributed by atoms with van der Waals surface area (Å²) in [5.41, 5.74) is 1.61. The van der Waals surface area contributed by atoms with E-state index < -0.39 is 0 Å². The summed E-state index contributed by atoms with van der Waals surface area (Å²) in [7, 11) is 0. The molecule has 0 unspecified atom stereocenters. The zero-order chi connectivity index (χ0) is 17.6. The van der Waals surface area contributed by atoms with Crippen molar-refractivity contribution in [1.82, 2.24) is 25.2 Å². The van der Waals surface area contributed by atoms with Gasteiger partial charge in [0.1, 0.15) is 11.5 Å². The van der Waals surface area contributed by atoms with E-state index in [9.17, 15) is 4.79 Å². The Bertz CT molecular complexity index is 687. The highest BCUT2D eigenvalue weighted by atomic mass is 16.1. The third-order valence-electron chi connectivity index (χ3n) is 4.47. The average Bonchev–Trinajstić information content (AvgIpc) is 3.08. The largest absolute Gasteiger partial charge is 0.350 e. The Balaban J connectivity index is 1.45. The molecule has 1 aliphatic rings. The van der Waals surface area contributed by atoms with Crippen molar-refractivity contribution in [3.05, 3.63) is 53.9 Å². The van der Waals surface area contributed by atoms with E-state index in [0.29, 0.717) is 24.1 Å². The van der Waals surface area contributed by atoms with Crippen LogP contribution in [0.15, 0.2) is 36.8 Å². The maximum Gasteiger partial charge on any atom is 0.269 e. The van der Waals surface area contributed by atoms with Crippen LogP contribution in [0.4, 0.5) is 0 Å². The molecule has 2 aromatic heterocycles. The monoisotopic (exact) mass is 339 g/mol. The summed E-state index contributed by atoms with van der Waals surface area (Å²) in [6.07, 6.45) is 6.59. The van der Waals surface area contributed by atoms with E-state index in [1.807, 2.05) is 24.5 Å². The van der Waals surface area contributed by atoms with Gasteiger partial charge in [0, 0.05) is 49.7 Å². The number of nitrogens with zero attached hydrogens (tertiary/aromatic N) is 4. The first-order valence-corrected chi connectivity index (χ1v) is 8.84. The van der Waals surface area contributed by atoms with Gasteiger partial charge in [0.2, 0.25) is 0 Å². The zero-order valence-corrected chi connectivity index (χ0v) is 14.9. The molecule has 0 spiro atoms. The van der Waals surface area contributed by atoms with Gasteiger partial charge < -0.3 is 5.32 Å². The van der Waals surface area contributed by atoms with E-state index >= 15 is 0 Å². The van der Waals surface area contributed by atoms with Crippen LogP contribution < -0.4 is 5.32 Å². The molecule has 1 atom stereocenters. The second kappa shape index (κ2) is 8.16. The zero-order valence-electron chi connectivity index (χ0n) is 14.9. The van der Waals surface area contributed by atoms with Gasteiger partial charge in [-0.2, -0.15) is 0 Å². The summed E-state index contributed by atoms with van der Waals surface area (Å²) in [5.74, 6) is 1.62. The molecule has 1 fully saturated rings. The van der Waals surface area contributed by atoms with Crippen molar-refractivity contribution in [2.75, 3.05) is 19.6 Å². The maximum atomic E-state index is 12.1. The molecule has 0 aromatic carbocycles. The smallest absolute Gasteiger partial charge is 0.269 e. The second-order valence-corrected chi connectivity index (χ2v) is 6.92. The van der Waals surface area contributed by atoms with Crippen molar-refractivity contribution in [2.24, 2.45) is 5.92 Å². The normalized spacial score (nSPS) is 17.8. The molecule has 0 saturated carbocycles. The molecular weight excluding hydrogens is 314 g/mol. The third-order valence-corrected chi connectivity index (χ3v) is 4.47. The second-order valence-electron chi connectivity index (χ2n) is 6.92. The van der Waals surface area contributed by atoms with Gasteiger partial charge in [0.05, 0.1) is 0 Å². The Labute approximate surface area is 148 Å². The highest BCUT2D eigenvalue weighted by molar-refractivity contribution is 5.92. The minimum Gasteiger partial charge on any atom is -0.350 e. The number of nitrogens with one attached hydrogen (secondary N) is 1. The topological polar surface area (TPSA) is 71.0 Å². The van der Waals surface area contributed by atoms with Gasteiger partial charge in [0.25, 0.3) is 5.91 Å². The molecular formula is C19H25N5O. The predicted molar refractivity (Wildman–Crippen MR) is 96.1 cm³/mol. The van der Waals surface area contributed by atoms with Crippen molar-refractivity contribution in [1.29, 1.82) is 0 Å². The van der Waals surface area contributed by atoms with E-state index in [2.05, 4.69) is 39.0 Å². The van der Waals surface area contributed by atoms with Gasteiger partial charge >= 0.3 is 0 Å². The molecule has 1 amide bonds. The van der Waals surface area contributed by atoms with E-state index in [1.165, 1.54) is 0 Å². The molecule has 3 rings (SSSR count). The van der Waals surface area contributed by atoms with Crippen molar-refractivity contribution in [3.63, 3.8) is 0 Å².